The Hall–Kier alpha value is -1.93. The molecule has 1 N–H and O–H groups in total. The smallest absolute Gasteiger partial charge is 0.231 e. The molecular weight excluding hydrogens is 386 g/mol. The molecule has 0 spiro atoms. The maximum atomic E-state index is 13.0. The van der Waals surface area contributed by atoms with Gasteiger partial charge in [0.15, 0.2) is 15.6 Å². The molecule has 0 unspecified atom stereocenters. The highest BCUT2D eigenvalue weighted by Crippen LogP contribution is 2.41. The molecule has 4 rings (SSSR count). The summed E-state index contributed by atoms with van der Waals surface area (Å²) in [5.41, 5.74) is 1.50. The predicted molar refractivity (Wildman–Crippen MR) is 103 cm³/mol. The van der Waals surface area contributed by atoms with E-state index in [9.17, 15) is 18.0 Å². The fraction of sp³-hybridized carbons (Fsp3) is 0.474. The molecule has 0 aromatic carbocycles. The molecule has 1 amide bonds. The number of carbonyl (C=O) groups excluding carboxylic acids is 2. The molecule has 0 bridgehead atoms. The Balaban J connectivity index is 1.67. The van der Waals surface area contributed by atoms with Crippen LogP contribution in [0.5, 0.6) is 0 Å². The molecule has 1 aliphatic heterocycles. The molecule has 1 saturated heterocycles. The van der Waals surface area contributed by atoms with E-state index >= 15 is 0 Å². The van der Waals surface area contributed by atoms with Gasteiger partial charge < -0.3 is 9.73 Å². The Labute approximate surface area is 161 Å². The summed E-state index contributed by atoms with van der Waals surface area (Å²) in [6, 6.07) is 3.28. The molecule has 1 aliphatic carbocycles. The summed E-state index contributed by atoms with van der Waals surface area (Å²) in [5.74, 6) is -0.416. The molecule has 0 saturated carbocycles. The number of nitrogens with one attached hydrogen (secondary N) is 1. The summed E-state index contributed by atoms with van der Waals surface area (Å²) in [7, 11) is -3.14. The molecule has 6 nitrogen and oxygen atoms in total. The van der Waals surface area contributed by atoms with Gasteiger partial charge in [0.25, 0.3) is 0 Å². The number of sulfone groups is 1. The van der Waals surface area contributed by atoms with Crippen molar-refractivity contribution in [3.8, 4) is 0 Å². The molecular formula is C19H21NO5S2. The third-order valence-corrected chi connectivity index (χ3v) is 8.26. The van der Waals surface area contributed by atoms with Crippen LogP contribution in [0.4, 0.5) is 5.00 Å². The van der Waals surface area contributed by atoms with Crippen LogP contribution >= 0.6 is 11.3 Å². The molecule has 2 aromatic rings. The maximum absolute atomic E-state index is 13.0. The standard InChI is InChI=1S/C19H21NO5S2/c1-11-4-5-13-15(9-11)26-19(16(13)17(21)14-3-2-7-25-14)20-18(22)12-6-8-27(23,24)10-12/h2-3,7,11-12H,4-6,8-10H2,1H3,(H,20,22)/t11-,12-/m1/s1. The van der Waals surface area contributed by atoms with Crippen LogP contribution in [0.15, 0.2) is 22.8 Å². The van der Waals surface area contributed by atoms with Gasteiger partial charge in [0.1, 0.15) is 5.00 Å². The molecule has 144 valence electrons. The fourth-order valence-corrected chi connectivity index (χ4v) is 6.98. The number of ketones is 1. The van der Waals surface area contributed by atoms with Gasteiger partial charge in [-0.05, 0) is 49.3 Å². The first kappa shape index (κ1) is 18.4. The van der Waals surface area contributed by atoms with Crippen molar-refractivity contribution in [2.24, 2.45) is 11.8 Å². The van der Waals surface area contributed by atoms with Crippen molar-refractivity contribution in [1.82, 2.24) is 0 Å². The molecule has 0 radical (unpaired) electrons. The molecule has 3 heterocycles. The number of amides is 1. The molecule has 8 heteroatoms. The summed E-state index contributed by atoms with van der Waals surface area (Å²) < 4.78 is 28.6. The molecule has 27 heavy (non-hydrogen) atoms. The molecule has 2 aromatic heterocycles. The van der Waals surface area contributed by atoms with Crippen LogP contribution in [-0.2, 0) is 27.5 Å². The van der Waals surface area contributed by atoms with Crippen molar-refractivity contribution in [3.63, 3.8) is 0 Å². The number of hydrogen-bond acceptors (Lipinski definition) is 6. The first-order valence-corrected chi connectivity index (χ1v) is 11.7. The lowest BCUT2D eigenvalue weighted by atomic mass is 9.87. The monoisotopic (exact) mass is 407 g/mol. The molecule has 2 aliphatic rings. The lowest BCUT2D eigenvalue weighted by Gasteiger charge is -2.18. The SMILES string of the molecule is C[C@@H]1CCc2c(sc(NC(=O)[C@@H]3CCS(=O)(=O)C3)c2C(=O)c2ccco2)C1. The second-order valence-electron chi connectivity index (χ2n) is 7.45. The van der Waals surface area contributed by atoms with E-state index in [1.807, 2.05) is 0 Å². The Morgan fingerprint density at radius 2 is 2.11 bits per heavy atom. The Kier molecular flexibility index (Phi) is 4.71. The van der Waals surface area contributed by atoms with Gasteiger partial charge in [-0.15, -0.1) is 11.3 Å². The van der Waals surface area contributed by atoms with Crippen LogP contribution in [-0.4, -0.2) is 31.6 Å². The predicted octanol–water partition coefficient (Wildman–Crippen LogP) is 3.07. The third kappa shape index (κ3) is 3.60. The summed E-state index contributed by atoms with van der Waals surface area (Å²) in [6.07, 6.45) is 4.46. The number of carbonyl (C=O) groups is 2. The van der Waals surface area contributed by atoms with E-state index in [0.717, 1.165) is 29.7 Å². The molecule has 1 fully saturated rings. The number of anilines is 1. The summed E-state index contributed by atoms with van der Waals surface area (Å²) >= 11 is 1.43. The van der Waals surface area contributed by atoms with Crippen molar-refractivity contribution >= 4 is 37.9 Å². The van der Waals surface area contributed by atoms with Gasteiger partial charge in [0, 0.05) is 4.88 Å². The summed E-state index contributed by atoms with van der Waals surface area (Å²) in [5, 5.41) is 3.38. The van der Waals surface area contributed by atoms with Gasteiger partial charge in [-0.3, -0.25) is 9.59 Å². The maximum Gasteiger partial charge on any atom is 0.231 e. The minimum Gasteiger partial charge on any atom is -0.461 e. The highest BCUT2D eigenvalue weighted by Gasteiger charge is 2.35. The van der Waals surface area contributed by atoms with Gasteiger partial charge in [-0.25, -0.2) is 8.42 Å². The van der Waals surface area contributed by atoms with E-state index in [2.05, 4.69) is 12.2 Å². The van der Waals surface area contributed by atoms with E-state index in [1.54, 1.807) is 12.1 Å². The summed E-state index contributed by atoms with van der Waals surface area (Å²) in [6.45, 7) is 2.18. The van der Waals surface area contributed by atoms with Gasteiger partial charge >= 0.3 is 0 Å². The number of thiophene rings is 1. The summed E-state index contributed by atoms with van der Waals surface area (Å²) in [4.78, 5) is 26.8. The van der Waals surface area contributed by atoms with Gasteiger partial charge in [0.2, 0.25) is 11.7 Å². The van der Waals surface area contributed by atoms with Crippen LogP contribution < -0.4 is 5.32 Å². The Morgan fingerprint density at radius 1 is 1.30 bits per heavy atom. The van der Waals surface area contributed by atoms with E-state index < -0.39 is 15.8 Å². The second-order valence-corrected chi connectivity index (χ2v) is 10.8. The van der Waals surface area contributed by atoms with Crippen LogP contribution in [0.25, 0.3) is 0 Å². The first-order chi connectivity index (χ1) is 12.8. The average Bonchev–Trinajstić information content (AvgIpc) is 3.32. The number of hydrogen-bond donors (Lipinski definition) is 1. The first-order valence-electron chi connectivity index (χ1n) is 9.08. The van der Waals surface area contributed by atoms with Gasteiger partial charge in [-0.1, -0.05) is 6.92 Å². The van der Waals surface area contributed by atoms with Crippen molar-refractivity contribution in [1.29, 1.82) is 0 Å². The van der Waals surface area contributed by atoms with Crippen molar-refractivity contribution < 1.29 is 22.4 Å². The van der Waals surface area contributed by atoms with E-state index in [1.165, 1.54) is 17.6 Å². The van der Waals surface area contributed by atoms with Crippen molar-refractivity contribution in [3.05, 3.63) is 40.2 Å². The lowest BCUT2D eigenvalue weighted by Crippen LogP contribution is -2.24. The van der Waals surface area contributed by atoms with Crippen LogP contribution in [0.1, 0.15) is 46.3 Å². The zero-order valence-corrected chi connectivity index (χ0v) is 16.6. The number of fused-ring (bicyclic) bond motifs is 1. The highest BCUT2D eigenvalue weighted by atomic mass is 32.2. The lowest BCUT2D eigenvalue weighted by molar-refractivity contribution is -0.119. The number of furan rings is 1. The Bertz CT molecular complexity index is 988. The van der Waals surface area contributed by atoms with Crippen molar-refractivity contribution in [2.45, 2.75) is 32.6 Å². The minimum absolute atomic E-state index is 0.0434. The van der Waals surface area contributed by atoms with E-state index in [-0.39, 0.29) is 29.0 Å². The minimum atomic E-state index is -3.14. The molecule has 2 atom stereocenters. The fourth-order valence-electron chi connectivity index (χ4n) is 3.83. The quantitative estimate of drug-likeness (QED) is 0.786. The number of rotatable bonds is 4. The largest absolute Gasteiger partial charge is 0.461 e. The van der Waals surface area contributed by atoms with Crippen molar-refractivity contribution in [2.75, 3.05) is 16.8 Å². The zero-order valence-electron chi connectivity index (χ0n) is 15.0. The van der Waals surface area contributed by atoms with Crippen LogP contribution in [0.3, 0.4) is 0 Å². The van der Waals surface area contributed by atoms with E-state index in [4.69, 9.17) is 4.42 Å². The average molecular weight is 408 g/mol. The normalized spacial score (nSPS) is 23.7. The second kappa shape index (κ2) is 6.91. The van der Waals surface area contributed by atoms with E-state index in [0.29, 0.717) is 22.9 Å². The van der Waals surface area contributed by atoms with Crippen LogP contribution in [0, 0.1) is 11.8 Å². The van der Waals surface area contributed by atoms with Gasteiger partial charge in [-0.2, -0.15) is 0 Å². The van der Waals surface area contributed by atoms with Crippen LogP contribution in [0.2, 0.25) is 0 Å². The zero-order chi connectivity index (χ0) is 19.2. The third-order valence-electron chi connectivity index (χ3n) is 5.32. The topological polar surface area (TPSA) is 93.5 Å². The highest BCUT2D eigenvalue weighted by molar-refractivity contribution is 7.91. The van der Waals surface area contributed by atoms with Gasteiger partial charge in [0.05, 0.1) is 29.3 Å². The Morgan fingerprint density at radius 3 is 2.78 bits per heavy atom.